The molecule has 0 saturated carbocycles. The van der Waals surface area contributed by atoms with Gasteiger partial charge in [0.1, 0.15) is 0 Å². The van der Waals surface area contributed by atoms with Crippen LogP contribution in [0.2, 0.25) is 0 Å². The van der Waals surface area contributed by atoms with Crippen LogP contribution in [0.25, 0.3) is 0 Å². The fourth-order valence-electron chi connectivity index (χ4n) is 1.63. The number of carbonyl (C=O) groups excluding carboxylic acids is 1. The van der Waals surface area contributed by atoms with E-state index in [4.69, 9.17) is 0 Å². The Bertz CT molecular complexity index is 422. The van der Waals surface area contributed by atoms with Gasteiger partial charge in [-0.15, -0.1) is 0 Å². The highest BCUT2D eigenvalue weighted by atomic mass is 79.9. The largest absolute Gasteiger partial charge is 0.346 e. The van der Waals surface area contributed by atoms with E-state index in [0.717, 1.165) is 27.1 Å². The summed E-state index contributed by atoms with van der Waals surface area (Å²) in [6, 6.07) is 5.56. The molecule has 100 valence electrons. The van der Waals surface area contributed by atoms with Crippen molar-refractivity contribution in [1.29, 1.82) is 0 Å². The average Bonchev–Trinajstić information content (AvgIpc) is 2.36. The van der Waals surface area contributed by atoms with Gasteiger partial charge in [0.25, 0.3) is 5.91 Å². The minimum atomic E-state index is -0.177. The van der Waals surface area contributed by atoms with Crippen LogP contribution in [0.4, 0.5) is 0 Å². The second kappa shape index (κ2) is 7.06. The van der Waals surface area contributed by atoms with Gasteiger partial charge in [-0.1, -0.05) is 45.7 Å². The molecule has 0 aliphatic heterocycles. The second-order valence-corrected chi connectivity index (χ2v) is 6.53. The Morgan fingerprint density at radius 1 is 1.28 bits per heavy atom. The lowest BCUT2D eigenvalue weighted by Gasteiger charge is -2.31. The van der Waals surface area contributed by atoms with E-state index in [2.05, 4.69) is 67.0 Å². The summed E-state index contributed by atoms with van der Waals surface area (Å²) in [5.74, 6) is -0.0440. The van der Waals surface area contributed by atoms with E-state index in [9.17, 15) is 4.79 Å². The lowest BCUT2D eigenvalue weighted by Crippen LogP contribution is -2.49. The monoisotopic (exact) mass is 439 g/mol. The third-order valence-corrected chi connectivity index (χ3v) is 5.39. The van der Waals surface area contributed by atoms with Crippen LogP contribution in [-0.2, 0) is 0 Å². The molecule has 1 N–H and O–H groups in total. The first-order valence-electron chi connectivity index (χ1n) is 5.81. The van der Waals surface area contributed by atoms with Gasteiger partial charge in [0.2, 0.25) is 0 Å². The maximum absolute atomic E-state index is 12.3. The van der Waals surface area contributed by atoms with Crippen molar-refractivity contribution in [3.63, 3.8) is 0 Å². The van der Waals surface area contributed by atoms with Crippen molar-refractivity contribution in [2.75, 3.05) is 5.33 Å². The summed E-state index contributed by atoms with van der Waals surface area (Å²) in [5, 5.41) is 3.88. The minimum Gasteiger partial charge on any atom is -0.346 e. The highest BCUT2D eigenvalue weighted by Crippen LogP contribution is 2.24. The zero-order chi connectivity index (χ0) is 13.8. The Kier molecular flexibility index (Phi) is 6.35. The SMILES string of the molecule is CCC(CC)(CBr)NC(=O)c1ccc(Br)cc1Br. The van der Waals surface area contributed by atoms with E-state index in [1.54, 1.807) is 0 Å². The molecule has 0 unspecified atom stereocenters. The molecule has 0 heterocycles. The zero-order valence-corrected chi connectivity index (χ0v) is 15.2. The van der Waals surface area contributed by atoms with Crippen LogP contribution in [0.1, 0.15) is 37.0 Å². The molecule has 0 radical (unpaired) electrons. The second-order valence-electron chi connectivity index (χ2n) is 4.20. The molecule has 2 nitrogen and oxygen atoms in total. The van der Waals surface area contributed by atoms with E-state index < -0.39 is 0 Å². The molecule has 5 heteroatoms. The van der Waals surface area contributed by atoms with Gasteiger partial charge in [-0.3, -0.25) is 4.79 Å². The quantitative estimate of drug-likeness (QED) is 0.647. The standard InChI is InChI=1S/C13H16Br3NO/c1-3-13(4-2,8-14)17-12(18)10-6-5-9(15)7-11(10)16/h5-7H,3-4,8H2,1-2H3,(H,17,18). The number of nitrogens with one attached hydrogen (secondary N) is 1. The van der Waals surface area contributed by atoms with Crippen molar-refractivity contribution >= 4 is 53.7 Å². The van der Waals surface area contributed by atoms with E-state index in [0.29, 0.717) is 5.56 Å². The van der Waals surface area contributed by atoms with Crippen molar-refractivity contribution in [3.05, 3.63) is 32.7 Å². The molecule has 0 aliphatic carbocycles. The van der Waals surface area contributed by atoms with Crippen LogP contribution < -0.4 is 5.32 Å². The van der Waals surface area contributed by atoms with E-state index in [1.165, 1.54) is 0 Å². The summed E-state index contributed by atoms with van der Waals surface area (Å²) < 4.78 is 1.74. The molecular weight excluding hydrogens is 426 g/mol. The van der Waals surface area contributed by atoms with Gasteiger partial charge < -0.3 is 5.32 Å². The van der Waals surface area contributed by atoms with Gasteiger partial charge >= 0.3 is 0 Å². The number of halogens is 3. The number of hydrogen-bond acceptors (Lipinski definition) is 1. The maximum Gasteiger partial charge on any atom is 0.252 e. The fourth-order valence-corrected chi connectivity index (χ4v) is 3.79. The topological polar surface area (TPSA) is 29.1 Å². The Balaban J connectivity index is 2.94. The highest BCUT2D eigenvalue weighted by Gasteiger charge is 2.27. The molecular formula is C13H16Br3NO. The summed E-state index contributed by atoms with van der Waals surface area (Å²) in [5.41, 5.74) is 0.481. The van der Waals surface area contributed by atoms with Gasteiger partial charge in [0.05, 0.1) is 5.56 Å². The average molecular weight is 442 g/mol. The van der Waals surface area contributed by atoms with Crippen molar-refractivity contribution in [1.82, 2.24) is 5.32 Å². The predicted molar refractivity (Wildman–Crippen MR) is 86.4 cm³/mol. The van der Waals surface area contributed by atoms with Crippen LogP contribution >= 0.6 is 47.8 Å². The Morgan fingerprint density at radius 3 is 2.33 bits per heavy atom. The first-order chi connectivity index (χ1) is 8.48. The summed E-state index contributed by atoms with van der Waals surface area (Å²) in [6.07, 6.45) is 1.79. The molecule has 1 rings (SSSR count). The molecule has 18 heavy (non-hydrogen) atoms. The van der Waals surface area contributed by atoms with Crippen LogP contribution in [-0.4, -0.2) is 16.8 Å². The Labute approximate surface area is 133 Å². The van der Waals surface area contributed by atoms with Gasteiger partial charge in [-0.25, -0.2) is 0 Å². The molecule has 1 aromatic rings. The lowest BCUT2D eigenvalue weighted by molar-refractivity contribution is 0.0903. The van der Waals surface area contributed by atoms with Crippen molar-refractivity contribution in [2.24, 2.45) is 0 Å². The molecule has 0 aliphatic rings. The van der Waals surface area contributed by atoms with Gasteiger partial charge in [0.15, 0.2) is 0 Å². The van der Waals surface area contributed by atoms with Crippen molar-refractivity contribution in [2.45, 2.75) is 32.2 Å². The number of benzene rings is 1. The maximum atomic E-state index is 12.3. The Hall–Kier alpha value is 0.130. The van der Waals surface area contributed by atoms with Gasteiger partial charge in [-0.2, -0.15) is 0 Å². The zero-order valence-electron chi connectivity index (χ0n) is 10.4. The molecule has 0 atom stereocenters. The highest BCUT2D eigenvalue weighted by molar-refractivity contribution is 9.11. The summed E-state index contributed by atoms with van der Waals surface area (Å²) in [4.78, 5) is 12.3. The first kappa shape index (κ1) is 16.2. The summed E-state index contributed by atoms with van der Waals surface area (Å²) in [6.45, 7) is 4.17. The van der Waals surface area contributed by atoms with Crippen LogP contribution in [0.15, 0.2) is 27.1 Å². The smallest absolute Gasteiger partial charge is 0.252 e. The summed E-state index contributed by atoms with van der Waals surface area (Å²) in [7, 11) is 0. The molecule has 1 amide bonds. The summed E-state index contributed by atoms with van der Waals surface area (Å²) >= 11 is 10.3. The molecule has 0 aromatic heterocycles. The lowest BCUT2D eigenvalue weighted by atomic mass is 9.95. The number of hydrogen-bond donors (Lipinski definition) is 1. The van der Waals surface area contributed by atoms with Crippen LogP contribution in [0.3, 0.4) is 0 Å². The van der Waals surface area contributed by atoms with Crippen molar-refractivity contribution in [3.8, 4) is 0 Å². The van der Waals surface area contributed by atoms with Crippen molar-refractivity contribution < 1.29 is 4.79 Å². The fraction of sp³-hybridized carbons (Fsp3) is 0.462. The van der Waals surface area contributed by atoms with Crippen LogP contribution in [0, 0.1) is 0 Å². The number of carbonyl (C=O) groups is 1. The predicted octanol–water partition coefficient (Wildman–Crippen LogP) is 4.90. The minimum absolute atomic E-state index is 0.0440. The van der Waals surface area contributed by atoms with E-state index in [1.807, 2.05) is 18.2 Å². The molecule has 0 bridgehead atoms. The molecule has 0 spiro atoms. The number of rotatable bonds is 5. The number of alkyl halides is 1. The number of amides is 1. The third-order valence-electron chi connectivity index (χ3n) is 3.16. The van der Waals surface area contributed by atoms with E-state index >= 15 is 0 Å². The van der Waals surface area contributed by atoms with Gasteiger partial charge in [-0.05, 0) is 47.0 Å². The van der Waals surface area contributed by atoms with E-state index in [-0.39, 0.29) is 11.4 Å². The normalized spacial score (nSPS) is 11.4. The molecule has 0 saturated heterocycles. The molecule has 1 aromatic carbocycles. The van der Waals surface area contributed by atoms with Gasteiger partial charge in [0, 0.05) is 19.8 Å². The third kappa shape index (κ3) is 3.81. The Morgan fingerprint density at radius 2 is 1.89 bits per heavy atom. The first-order valence-corrected chi connectivity index (χ1v) is 8.52. The molecule has 0 fully saturated rings. The van der Waals surface area contributed by atoms with Crippen LogP contribution in [0.5, 0.6) is 0 Å².